The summed E-state index contributed by atoms with van der Waals surface area (Å²) in [5.41, 5.74) is 0.788. The number of nitrogens with zero attached hydrogens (tertiary/aromatic N) is 2. The first kappa shape index (κ1) is 19.3. The number of methoxy groups -OCH3 is 1. The first-order valence-electron chi connectivity index (χ1n) is 8.79. The van der Waals surface area contributed by atoms with Crippen LogP contribution in [0.15, 0.2) is 47.2 Å². The van der Waals surface area contributed by atoms with Crippen LogP contribution in [0.25, 0.3) is 10.9 Å². The Morgan fingerprint density at radius 3 is 2.75 bits per heavy atom. The van der Waals surface area contributed by atoms with Crippen LogP contribution in [0.4, 0.5) is 0 Å². The fourth-order valence-electron chi connectivity index (χ4n) is 2.65. The number of oxazole rings is 1. The average molecular weight is 383 g/mol. The van der Waals surface area contributed by atoms with Crippen molar-refractivity contribution in [3.05, 3.63) is 54.4 Å². The van der Waals surface area contributed by atoms with Crippen molar-refractivity contribution < 1.29 is 23.5 Å². The molecule has 1 N–H and O–H groups in total. The Bertz CT molecular complexity index is 977. The molecule has 2 aromatic heterocycles. The molecule has 146 valence electrons. The van der Waals surface area contributed by atoms with E-state index >= 15 is 0 Å². The molecule has 1 amide bonds. The van der Waals surface area contributed by atoms with E-state index in [1.165, 1.54) is 13.4 Å². The van der Waals surface area contributed by atoms with Crippen LogP contribution in [-0.2, 0) is 16.1 Å². The van der Waals surface area contributed by atoms with E-state index < -0.39 is 17.9 Å². The maximum Gasteiger partial charge on any atom is 0.328 e. The monoisotopic (exact) mass is 383 g/mol. The number of pyridine rings is 1. The number of carbonyl (C=O) groups excluding carboxylic acids is 2. The minimum Gasteiger partial charge on any atom is -0.482 e. The number of rotatable bonds is 7. The lowest BCUT2D eigenvalue weighted by Gasteiger charge is -2.18. The predicted molar refractivity (Wildman–Crippen MR) is 101 cm³/mol. The fraction of sp³-hybridized carbons (Fsp3) is 0.300. The lowest BCUT2D eigenvalue weighted by molar-refractivity contribution is -0.144. The number of para-hydroxylation sites is 1. The molecule has 2 heterocycles. The van der Waals surface area contributed by atoms with Crippen LogP contribution in [-0.4, -0.2) is 35.0 Å². The number of benzene rings is 1. The third-order valence-electron chi connectivity index (χ3n) is 4.14. The normalized spacial score (nSPS) is 12.0. The van der Waals surface area contributed by atoms with E-state index in [1.807, 2.05) is 38.1 Å². The summed E-state index contributed by atoms with van der Waals surface area (Å²) in [6, 6.07) is 8.63. The highest BCUT2D eigenvalue weighted by Gasteiger charge is 2.26. The summed E-state index contributed by atoms with van der Waals surface area (Å²) in [5.74, 6) is -0.347. The van der Waals surface area contributed by atoms with Gasteiger partial charge in [-0.3, -0.25) is 9.78 Å². The van der Waals surface area contributed by atoms with Gasteiger partial charge < -0.3 is 19.2 Å². The quantitative estimate of drug-likeness (QED) is 0.626. The van der Waals surface area contributed by atoms with E-state index in [9.17, 15) is 9.59 Å². The topological polar surface area (TPSA) is 104 Å². The lowest BCUT2D eigenvalue weighted by Crippen LogP contribution is -2.45. The molecule has 0 saturated carbocycles. The van der Waals surface area contributed by atoms with Gasteiger partial charge in [-0.05, 0) is 18.1 Å². The van der Waals surface area contributed by atoms with Crippen molar-refractivity contribution in [3.8, 4) is 5.75 Å². The second kappa shape index (κ2) is 8.51. The number of esters is 1. The van der Waals surface area contributed by atoms with Crippen LogP contribution >= 0.6 is 0 Å². The molecule has 0 unspecified atom stereocenters. The van der Waals surface area contributed by atoms with Crippen molar-refractivity contribution in [2.45, 2.75) is 26.5 Å². The van der Waals surface area contributed by atoms with E-state index in [0.29, 0.717) is 5.75 Å². The third-order valence-corrected chi connectivity index (χ3v) is 4.14. The van der Waals surface area contributed by atoms with Gasteiger partial charge in [0.25, 0.3) is 5.91 Å². The van der Waals surface area contributed by atoms with E-state index in [1.54, 1.807) is 12.3 Å². The molecule has 0 fully saturated rings. The van der Waals surface area contributed by atoms with Crippen molar-refractivity contribution in [1.29, 1.82) is 0 Å². The second-order valence-corrected chi connectivity index (χ2v) is 6.46. The molecule has 0 aliphatic carbocycles. The van der Waals surface area contributed by atoms with Gasteiger partial charge in [0.1, 0.15) is 23.6 Å². The second-order valence-electron chi connectivity index (χ2n) is 6.46. The summed E-state index contributed by atoms with van der Waals surface area (Å²) in [4.78, 5) is 32.6. The van der Waals surface area contributed by atoms with Crippen molar-refractivity contribution in [2.75, 3.05) is 7.11 Å². The van der Waals surface area contributed by atoms with Crippen LogP contribution in [0.5, 0.6) is 5.75 Å². The molecule has 0 aliphatic heterocycles. The molecular weight excluding hydrogens is 362 g/mol. The van der Waals surface area contributed by atoms with Crippen LogP contribution in [0.2, 0.25) is 0 Å². The van der Waals surface area contributed by atoms with Crippen molar-refractivity contribution in [1.82, 2.24) is 15.3 Å². The lowest BCUT2D eigenvalue weighted by atomic mass is 10.0. The summed E-state index contributed by atoms with van der Waals surface area (Å²) in [6.45, 7) is 3.65. The summed E-state index contributed by atoms with van der Waals surface area (Å²) in [7, 11) is 1.28. The van der Waals surface area contributed by atoms with Gasteiger partial charge in [0.15, 0.2) is 12.3 Å². The molecule has 3 aromatic rings. The van der Waals surface area contributed by atoms with Crippen LogP contribution < -0.4 is 10.1 Å². The maximum atomic E-state index is 12.4. The van der Waals surface area contributed by atoms with E-state index in [2.05, 4.69) is 15.3 Å². The SMILES string of the molecule is COC(=O)[C@@H](NC(=O)c1coc(COc2cccc3cccnc23)n1)C(C)C. The number of amides is 1. The van der Waals surface area contributed by atoms with Crippen LogP contribution in [0.3, 0.4) is 0 Å². The minimum atomic E-state index is -0.768. The zero-order chi connectivity index (χ0) is 20.1. The maximum absolute atomic E-state index is 12.4. The zero-order valence-corrected chi connectivity index (χ0v) is 15.8. The number of aromatic nitrogens is 2. The van der Waals surface area contributed by atoms with E-state index in [-0.39, 0.29) is 24.1 Å². The Morgan fingerprint density at radius 2 is 2.00 bits per heavy atom. The van der Waals surface area contributed by atoms with Crippen molar-refractivity contribution in [3.63, 3.8) is 0 Å². The smallest absolute Gasteiger partial charge is 0.328 e. The van der Waals surface area contributed by atoms with Gasteiger partial charge in [0.2, 0.25) is 5.89 Å². The summed E-state index contributed by atoms with van der Waals surface area (Å²) in [6.07, 6.45) is 2.92. The standard InChI is InChI=1S/C20H21N3O5/c1-12(2)17(20(25)26-3)23-19(24)14-10-28-16(22-14)11-27-15-8-4-6-13-7-5-9-21-18(13)15/h4-10,12,17H,11H2,1-3H3,(H,23,24)/t17-/m0/s1. The molecule has 8 nitrogen and oxygen atoms in total. The Morgan fingerprint density at radius 1 is 1.21 bits per heavy atom. The number of hydrogen-bond donors (Lipinski definition) is 1. The number of hydrogen-bond acceptors (Lipinski definition) is 7. The molecule has 3 rings (SSSR count). The number of carbonyl (C=O) groups is 2. The van der Waals surface area contributed by atoms with E-state index in [0.717, 1.165) is 10.9 Å². The van der Waals surface area contributed by atoms with Gasteiger partial charge in [-0.2, -0.15) is 0 Å². The summed E-state index contributed by atoms with van der Waals surface area (Å²) >= 11 is 0. The molecule has 0 aliphatic rings. The zero-order valence-electron chi connectivity index (χ0n) is 15.8. The Balaban J connectivity index is 1.67. The number of nitrogens with one attached hydrogen (secondary N) is 1. The molecular formula is C20H21N3O5. The molecule has 1 atom stereocenters. The average Bonchev–Trinajstić information content (AvgIpc) is 3.18. The Labute approximate surface area is 161 Å². The Hall–Kier alpha value is -3.42. The first-order chi connectivity index (χ1) is 13.5. The highest BCUT2D eigenvalue weighted by atomic mass is 16.5. The first-order valence-corrected chi connectivity index (χ1v) is 8.79. The van der Waals surface area contributed by atoms with Gasteiger partial charge in [0, 0.05) is 11.6 Å². The van der Waals surface area contributed by atoms with E-state index in [4.69, 9.17) is 13.9 Å². The fourth-order valence-corrected chi connectivity index (χ4v) is 2.65. The predicted octanol–water partition coefficient (Wildman–Crippen LogP) is 2.73. The molecule has 0 saturated heterocycles. The third kappa shape index (κ3) is 4.28. The molecule has 28 heavy (non-hydrogen) atoms. The van der Waals surface area contributed by atoms with Crippen molar-refractivity contribution in [2.24, 2.45) is 5.92 Å². The number of ether oxygens (including phenoxy) is 2. The van der Waals surface area contributed by atoms with Crippen molar-refractivity contribution >= 4 is 22.8 Å². The van der Waals surface area contributed by atoms with Gasteiger partial charge in [0.05, 0.1) is 7.11 Å². The van der Waals surface area contributed by atoms with Gasteiger partial charge in [-0.25, -0.2) is 9.78 Å². The highest BCUT2D eigenvalue weighted by Crippen LogP contribution is 2.23. The van der Waals surface area contributed by atoms with Gasteiger partial charge in [-0.1, -0.05) is 32.0 Å². The summed E-state index contributed by atoms with van der Waals surface area (Å²) < 4.78 is 15.8. The molecule has 8 heteroatoms. The van der Waals surface area contributed by atoms with Gasteiger partial charge in [-0.15, -0.1) is 0 Å². The molecule has 0 radical (unpaired) electrons. The molecule has 0 spiro atoms. The van der Waals surface area contributed by atoms with Crippen LogP contribution in [0.1, 0.15) is 30.2 Å². The summed E-state index contributed by atoms with van der Waals surface area (Å²) in [5, 5.41) is 3.56. The number of fused-ring (bicyclic) bond motifs is 1. The largest absolute Gasteiger partial charge is 0.482 e. The highest BCUT2D eigenvalue weighted by molar-refractivity contribution is 5.95. The molecule has 0 bridgehead atoms. The minimum absolute atomic E-state index is 0.0353. The van der Waals surface area contributed by atoms with Gasteiger partial charge >= 0.3 is 5.97 Å². The van der Waals surface area contributed by atoms with Crippen LogP contribution in [0, 0.1) is 5.92 Å². The Kier molecular flexibility index (Phi) is 5.88. The molecule has 1 aromatic carbocycles.